The Morgan fingerprint density at radius 3 is 2.29 bits per heavy atom. The third-order valence-electron chi connectivity index (χ3n) is 2.64. The number of rotatable bonds is 3. The first-order chi connectivity index (χ1) is 7.31. The van der Waals surface area contributed by atoms with E-state index in [1.54, 1.807) is 13.8 Å². The lowest BCUT2D eigenvalue weighted by Gasteiger charge is -2.30. The maximum Gasteiger partial charge on any atom is 0.142 e. The van der Waals surface area contributed by atoms with Crippen LogP contribution < -0.4 is 5.73 Å². The van der Waals surface area contributed by atoms with Gasteiger partial charge in [0.1, 0.15) is 11.6 Å². The van der Waals surface area contributed by atoms with Gasteiger partial charge in [0.15, 0.2) is 0 Å². The first-order valence-corrected chi connectivity index (χ1v) is 5.19. The van der Waals surface area contributed by atoms with Crippen LogP contribution in [-0.4, -0.2) is 11.7 Å². The van der Waals surface area contributed by atoms with Gasteiger partial charge < -0.3 is 10.8 Å². The van der Waals surface area contributed by atoms with Crippen LogP contribution in [0.2, 0.25) is 5.02 Å². The van der Waals surface area contributed by atoms with E-state index in [9.17, 15) is 8.78 Å². The minimum Gasteiger partial charge on any atom is -0.396 e. The molecule has 0 saturated heterocycles. The van der Waals surface area contributed by atoms with Crippen LogP contribution in [0.3, 0.4) is 0 Å². The van der Waals surface area contributed by atoms with E-state index in [0.29, 0.717) is 0 Å². The Morgan fingerprint density at radius 1 is 1.35 bits per heavy atom. The van der Waals surface area contributed by atoms with Crippen LogP contribution in [0, 0.1) is 17.0 Å². The van der Waals surface area contributed by atoms with Gasteiger partial charge >= 0.3 is 0 Å². The van der Waals surface area contributed by atoms with Crippen LogP contribution in [0.25, 0.3) is 0 Å². The number of aliphatic hydroxyl groups is 1. The first kappa shape index (κ1) is 16.6. The summed E-state index contributed by atoms with van der Waals surface area (Å²) in [5.41, 5.74) is 4.93. The van der Waals surface area contributed by atoms with Crippen LogP contribution >= 0.6 is 24.0 Å². The number of nitrogens with two attached hydrogens (primary N) is 1. The fourth-order valence-electron chi connectivity index (χ4n) is 1.32. The molecule has 1 atom stereocenters. The van der Waals surface area contributed by atoms with Gasteiger partial charge in [0.05, 0.1) is 5.02 Å². The second-order valence-corrected chi connectivity index (χ2v) is 4.76. The predicted octanol–water partition coefficient (Wildman–Crippen LogP) is 3.06. The van der Waals surface area contributed by atoms with Gasteiger partial charge in [-0.05, 0) is 12.1 Å². The SMILES string of the molecule is CC(C)(CO)[C@@H](N)c1c(F)ccc(F)c1Cl.Cl. The molecule has 1 aromatic rings. The van der Waals surface area contributed by atoms with Crippen molar-refractivity contribution in [3.8, 4) is 0 Å². The molecule has 0 aliphatic carbocycles. The van der Waals surface area contributed by atoms with Crippen LogP contribution in [0.5, 0.6) is 0 Å². The predicted molar refractivity (Wildman–Crippen MR) is 66.4 cm³/mol. The summed E-state index contributed by atoms with van der Waals surface area (Å²) in [7, 11) is 0. The summed E-state index contributed by atoms with van der Waals surface area (Å²) in [6, 6.07) is 1.05. The molecule has 0 bridgehead atoms. The lowest BCUT2D eigenvalue weighted by Crippen LogP contribution is -2.33. The fourth-order valence-corrected chi connectivity index (χ4v) is 1.59. The largest absolute Gasteiger partial charge is 0.396 e. The van der Waals surface area contributed by atoms with Gasteiger partial charge in [-0.1, -0.05) is 25.4 Å². The smallest absolute Gasteiger partial charge is 0.142 e. The minimum absolute atomic E-state index is 0. The molecule has 0 heterocycles. The molecule has 2 nitrogen and oxygen atoms in total. The molecule has 0 unspecified atom stereocenters. The summed E-state index contributed by atoms with van der Waals surface area (Å²) in [5, 5.41) is 8.81. The standard InChI is InChI=1S/C11H14ClF2NO.ClH/c1-11(2,5-16)10(15)8-6(13)3-4-7(14)9(8)12;/h3-4,10,16H,5,15H2,1-2H3;1H/t10-;/m0./s1. The van der Waals surface area contributed by atoms with Gasteiger partial charge in [0, 0.05) is 23.6 Å². The molecule has 1 aromatic carbocycles. The van der Waals surface area contributed by atoms with Gasteiger partial charge in [-0.15, -0.1) is 12.4 Å². The van der Waals surface area contributed by atoms with Crippen molar-refractivity contribution in [3.63, 3.8) is 0 Å². The molecule has 0 spiro atoms. The van der Waals surface area contributed by atoms with E-state index in [1.165, 1.54) is 0 Å². The van der Waals surface area contributed by atoms with Crippen molar-refractivity contribution in [2.75, 3.05) is 6.61 Å². The summed E-state index contributed by atoms with van der Waals surface area (Å²) in [4.78, 5) is 0. The molecular formula is C11H15Cl2F2NO. The summed E-state index contributed by atoms with van der Waals surface area (Å²) in [6.45, 7) is 3.05. The van der Waals surface area contributed by atoms with Crippen LogP contribution in [0.4, 0.5) is 8.78 Å². The highest BCUT2D eigenvalue weighted by molar-refractivity contribution is 6.31. The van der Waals surface area contributed by atoms with Gasteiger partial charge in [-0.3, -0.25) is 0 Å². The summed E-state index contributed by atoms with van der Waals surface area (Å²) in [6.07, 6.45) is 0. The Hall–Kier alpha value is -0.420. The molecule has 17 heavy (non-hydrogen) atoms. The molecule has 98 valence electrons. The third kappa shape index (κ3) is 3.28. The van der Waals surface area contributed by atoms with Crippen molar-refractivity contribution >= 4 is 24.0 Å². The third-order valence-corrected chi connectivity index (χ3v) is 3.02. The van der Waals surface area contributed by atoms with Crippen molar-refractivity contribution in [2.45, 2.75) is 19.9 Å². The van der Waals surface area contributed by atoms with Crippen LogP contribution in [-0.2, 0) is 0 Å². The van der Waals surface area contributed by atoms with Crippen molar-refractivity contribution in [1.29, 1.82) is 0 Å². The quantitative estimate of drug-likeness (QED) is 0.839. The van der Waals surface area contributed by atoms with E-state index >= 15 is 0 Å². The zero-order valence-electron chi connectivity index (χ0n) is 9.51. The number of aliphatic hydroxyl groups excluding tert-OH is 1. The van der Waals surface area contributed by atoms with Crippen molar-refractivity contribution in [2.24, 2.45) is 11.1 Å². The second-order valence-electron chi connectivity index (χ2n) is 4.38. The Bertz CT molecular complexity index is 399. The van der Waals surface area contributed by atoms with E-state index < -0.39 is 23.1 Å². The van der Waals surface area contributed by atoms with Gasteiger partial charge in [0.2, 0.25) is 0 Å². The molecule has 0 radical (unpaired) electrons. The van der Waals surface area contributed by atoms with E-state index in [1.807, 2.05) is 0 Å². The van der Waals surface area contributed by atoms with E-state index in [4.69, 9.17) is 22.4 Å². The zero-order valence-corrected chi connectivity index (χ0v) is 11.1. The first-order valence-electron chi connectivity index (χ1n) is 4.81. The number of halogens is 4. The Morgan fingerprint density at radius 2 is 1.82 bits per heavy atom. The van der Waals surface area contributed by atoms with Gasteiger partial charge in [-0.25, -0.2) is 8.78 Å². The molecule has 3 N–H and O–H groups in total. The van der Waals surface area contributed by atoms with Gasteiger partial charge in [0.25, 0.3) is 0 Å². The zero-order chi connectivity index (χ0) is 12.5. The minimum atomic E-state index is -0.874. The maximum atomic E-state index is 13.5. The number of hydrogen-bond acceptors (Lipinski definition) is 2. The summed E-state index contributed by atoms with van der Waals surface area (Å²) >= 11 is 5.68. The molecule has 0 aliphatic heterocycles. The fraction of sp³-hybridized carbons (Fsp3) is 0.455. The number of benzene rings is 1. The molecular weight excluding hydrogens is 271 g/mol. The van der Waals surface area contributed by atoms with Crippen LogP contribution in [0.1, 0.15) is 25.5 Å². The average molecular weight is 286 g/mol. The van der Waals surface area contributed by atoms with Crippen molar-refractivity contribution in [1.82, 2.24) is 0 Å². The van der Waals surface area contributed by atoms with E-state index in [-0.39, 0.29) is 29.6 Å². The Kier molecular flexibility index (Phi) is 5.81. The summed E-state index contributed by atoms with van der Waals surface area (Å²) in [5.74, 6) is -1.39. The molecule has 0 aromatic heterocycles. The lowest BCUT2D eigenvalue weighted by molar-refractivity contribution is 0.130. The highest BCUT2D eigenvalue weighted by Gasteiger charge is 2.31. The van der Waals surface area contributed by atoms with E-state index in [0.717, 1.165) is 12.1 Å². The Labute approximate surface area is 110 Å². The lowest BCUT2D eigenvalue weighted by atomic mass is 9.81. The molecule has 0 aliphatic rings. The van der Waals surface area contributed by atoms with Gasteiger partial charge in [-0.2, -0.15) is 0 Å². The normalized spacial score (nSPS) is 13.1. The van der Waals surface area contributed by atoms with Crippen molar-refractivity contribution < 1.29 is 13.9 Å². The van der Waals surface area contributed by atoms with Crippen molar-refractivity contribution in [3.05, 3.63) is 34.4 Å². The molecule has 0 fully saturated rings. The maximum absolute atomic E-state index is 13.5. The number of hydrogen-bond donors (Lipinski definition) is 2. The molecule has 6 heteroatoms. The second kappa shape index (κ2) is 5.96. The topological polar surface area (TPSA) is 46.2 Å². The Balaban J connectivity index is 0.00000256. The monoisotopic (exact) mass is 285 g/mol. The highest BCUT2D eigenvalue weighted by Crippen LogP contribution is 2.36. The van der Waals surface area contributed by atoms with Crippen LogP contribution in [0.15, 0.2) is 12.1 Å². The molecule has 0 amide bonds. The highest BCUT2D eigenvalue weighted by atomic mass is 35.5. The average Bonchev–Trinajstić information content (AvgIpc) is 2.24. The van der Waals surface area contributed by atoms with E-state index in [2.05, 4.69) is 0 Å². The molecule has 1 rings (SSSR count). The summed E-state index contributed by atoms with van der Waals surface area (Å²) < 4.78 is 26.7. The molecule has 0 saturated carbocycles.